The zero-order valence-electron chi connectivity index (χ0n) is 16.0. The number of aryl methyl sites for hydroxylation is 1. The summed E-state index contributed by atoms with van der Waals surface area (Å²) >= 11 is 1.16. The van der Waals surface area contributed by atoms with Gasteiger partial charge in [0.2, 0.25) is 5.13 Å². The third-order valence-electron chi connectivity index (χ3n) is 4.72. The molecule has 0 aliphatic carbocycles. The molecule has 9 heteroatoms. The fraction of sp³-hybridized carbons (Fsp3) is 0.143. The maximum Gasteiger partial charge on any atom is 0.301 e. The smallest absolute Gasteiger partial charge is 0.301 e. The summed E-state index contributed by atoms with van der Waals surface area (Å²) in [6.45, 7) is 1.73. The number of carbonyl (C=O) groups is 2. The molecule has 2 heterocycles. The molecule has 1 atom stereocenters. The number of aliphatic hydroxyl groups is 1. The number of hydrogen-bond acceptors (Lipinski definition) is 7. The van der Waals surface area contributed by atoms with Crippen LogP contribution in [0.25, 0.3) is 5.76 Å². The van der Waals surface area contributed by atoms with Gasteiger partial charge in [-0.1, -0.05) is 23.5 Å². The zero-order valence-corrected chi connectivity index (χ0v) is 16.8. The summed E-state index contributed by atoms with van der Waals surface area (Å²) < 4.78 is 18.5. The number of halogens is 1. The van der Waals surface area contributed by atoms with Gasteiger partial charge < -0.3 is 9.84 Å². The first-order valence-electron chi connectivity index (χ1n) is 8.91. The van der Waals surface area contributed by atoms with Crippen molar-refractivity contribution in [3.63, 3.8) is 0 Å². The van der Waals surface area contributed by atoms with Gasteiger partial charge in [-0.3, -0.25) is 14.5 Å². The van der Waals surface area contributed by atoms with Crippen LogP contribution < -0.4 is 9.64 Å². The maximum absolute atomic E-state index is 13.3. The van der Waals surface area contributed by atoms with Crippen molar-refractivity contribution in [1.29, 1.82) is 0 Å². The number of anilines is 1. The third-order valence-corrected chi connectivity index (χ3v) is 5.55. The van der Waals surface area contributed by atoms with Gasteiger partial charge in [0.25, 0.3) is 5.78 Å². The molecule has 152 valence electrons. The quantitative estimate of drug-likeness (QED) is 0.390. The number of methoxy groups -OCH3 is 1. The van der Waals surface area contributed by atoms with E-state index in [1.54, 1.807) is 31.2 Å². The Bertz CT molecular complexity index is 1160. The number of carbonyl (C=O) groups excluding carboxylic acids is 2. The predicted molar refractivity (Wildman–Crippen MR) is 109 cm³/mol. The Morgan fingerprint density at radius 1 is 1.10 bits per heavy atom. The van der Waals surface area contributed by atoms with Crippen LogP contribution in [0.15, 0.2) is 54.1 Å². The van der Waals surface area contributed by atoms with Crippen molar-refractivity contribution in [2.24, 2.45) is 0 Å². The summed E-state index contributed by atoms with van der Waals surface area (Å²) in [5.41, 5.74) is 0.692. The Morgan fingerprint density at radius 3 is 2.33 bits per heavy atom. The minimum Gasteiger partial charge on any atom is -0.507 e. The molecular weight excluding hydrogens is 409 g/mol. The SMILES string of the molecule is COc1ccc([C@@H]2C(=C(O)c3ccc(F)cc3)C(=O)C(=O)N2c2nnc(C)s2)cc1. The average molecular weight is 425 g/mol. The minimum atomic E-state index is -0.923. The number of ether oxygens (including phenoxy) is 1. The molecule has 1 amide bonds. The van der Waals surface area contributed by atoms with Gasteiger partial charge in [0, 0.05) is 5.56 Å². The van der Waals surface area contributed by atoms with E-state index in [9.17, 15) is 19.1 Å². The molecule has 1 aliphatic rings. The fourth-order valence-electron chi connectivity index (χ4n) is 3.28. The van der Waals surface area contributed by atoms with Crippen LogP contribution in [-0.4, -0.2) is 34.1 Å². The molecule has 0 bridgehead atoms. The number of benzene rings is 2. The van der Waals surface area contributed by atoms with Gasteiger partial charge >= 0.3 is 5.91 Å². The number of aromatic nitrogens is 2. The van der Waals surface area contributed by atoms with E-state index >= 15 is 0 Å². The second kappa shape index (κ2) is 7.68. The summed E-state index contributed by atoms with van der Waals surface area (Å²) in [4.78, 5) is 27.1. The van der Waals surface area contributed by atoms with E-state index in [2.05, 4.69) is 10.2 Å². The Morgan fingerprint density at radius 2 is 1.77 bits per heavy atom. The first-order chi connectivity index (χ1) is 14.4. The summed E-state index contributed by atoms with van der Waals surface area (Å²) in [7, 11) is 1.53. The molecule has 1 saturated heterocycles. The number of nitrogens with zero attached hydrogens (tertiary/aromatic N) is 3. The zero-order chi connectivity index (χ0) is 21.4. The molecule has 1 N–H and O–H groups in total. The second-order valence-corrected chi connectivity index (χ2v) is 7.71. The molecule has 30 heavy (non-hydrogen) atoms. The van der Waals surface area contributed by atoms with Crippen LogP contribution in [0, 0.1) is 12.7 Å². The highest BCUT2D eigenvalue weighted by molar-refractivity contribution is 7.15. The first kappa shape index (κ1) is 19.7. The lowest BCUT2D eigenvalue weighted by Gasteiger charge is -2.22. The molecule has 0 radical (unpaired) electrons. The minimum absolute atomic E-state index is 0.107. The van der Waals surface area contributed by atoms with E-state index < -0.39 is 29.3 Å². The molecule has 0 spiro atoms. The molecule has 7 nitrogen and oxygen atoms in total. The summed E-state index contributed by atoms with van der Waals surface area (Å²) in [6, 6.07) is 10.9. The topological polar surface area (TPSA) is 92.6 Å². The summed E-state index contributed by atoms with van der Waals surface area (Å²) in [5.74, 6) is -1.96. The van der Waals surface area contributed by atoms with Gasteiger partial charge in [-0.05, 0) is 48.9 Å². The molecule has 2 aromatic carbocycles. The van der Waals surface area contributed by atoms with Gasteiger partial charge in [-0.2, -0.15) is 0 Å². The van der Waals surface area contributed by atoms with Crippen molar-refractivity contribution in [1.82, 2.24) is 10.2 Å². The van der Waals surface area contributed by atoms with Crippen LogP contribution in [0.5, 0.6) is 5.75 Å². The molecule has 1 aromatic heterocycles. The van der Waals surface area contributed by atoms with Crippen molar-refractivity contribution < 1.29 is 23.8 Å². The Hall–Kier alpha value is -3.59. The van der Waals surface area contributed by atoms with E-state index in [0.29, 0.717) is 16.3 Å². The number of aliphatic hydroxyl groups excluding tert-OH is 1. The predicted octanol–water partition coefficient (Wildman–Crippen LogP) is 3.62. The van der Waals surface area contributed by atoms with Crippen molar-refractivity contribution in [3.05, 3.63) is 76.1 Å². The Labute approximate surface area is 175 Å². The molecule has 1 aliphatic heterocycles. The summed E-state index contributed by atoms with van der Waals surface area (Å²) in [6.07, 6.45) is 0. The van der Waals surface area contributed by atoms with Crippen molar-refractivity contribution in [3.8, 4) is 5.75 Å². The highest BCUT2D eigenvalue weighted by atomic mass is 32.1. The molecular formula is C21H16FN3O4S. The van der Waals surface area contributed by atoms with Crippen molar-refractivity contribution in [2.75, 3.05) is 12.0 Å². The third kappa shape index (κ3) is 3.33. The Balaban J connectivity index is 1.92. The van der Waals surface area contributed by atoms with Gasteiger partial charge in [-0.15, -0.1) is 10.2 Å². The number of ketones is 1. The summed E-state index contributed by atoms with van der Waals surface area (Å²) in [5, 5.41) is 19.7. The molecule has 0 saturated carbocycles. The fourth-order valence-corrected chi connectivity index (χ4v) is 3.99. The van der Waals surface area contributed by atoms with Gasteiger partial charge in [-0.25, -0.2) is 4.39 Å². The van der Waals surface area contributed by atoms with E-state index in [0.717, 1.165) is 11.3 Å². The first-order valence-corrected chi connectivity index (χ1v) is 9.73. The molecule has 4 rings (SSSR count). The monoisotopic (exact) mass is 425 g/mol. The van der Waals surface area contributed by atoms with E-state index in [-0.39, 0.29) is 16.3 Å². The van der Waals surface area contributed by atoms with Crippen molar-refractivity contribution in [2.45, 2.75) is 13.0 Å². The number of hydrogen-bond donors (Lipinski definition) is 1. The molecule has 1 fully saturated rings. The van der Waals surface area contributed by atoms with Crippen molar-refractivity contribution >= 4 is 33.9 Å². The molecule has 3 aromatic rings. The lowest BCUT2D eigenvalue weighted by atomic mass is 9.95. The Kier molecular flexibility index (Phi) is 5.04. The average Bonchev–Trinajstić information content (AvgIpc) is 3.29. The van der Waals surface area contributed by atoms with Crippen LogP contribution in [0.3, 0.4) is 0 Å². The van der Waals surface area contributed by atoms with E-state index in [4.69, 9.17) is 4.74 Å². The largest absolute Gasteiger partial charge is 0.507 e. The van der Waals surface area contributed by atoms with E-state index in [1.807, 2.05) is 0 Å². The maximum atomic E-state index is 13.3. The highest BCUT2D eigenvalue weighted by Gasteiger charge is 2.48. The number of amides is 1. The highest BCUT2D eigenvalue weighted by Crippen LogP contribution is 2.43. The lowest BCUT2D eigenvalue weighted by molar-refractivity contribution is -0.132. The number of Topliss-reactive ketones (excluding diaryl/α,β-unsaturated/α-hetero) is 1. The number of rotatable bonds is 4. The van der Waals surface area contributed by atoms with Crippen LogP contribution in [0.1, 0.15) is 22.2 Å². The lowest BCUT2D eigenvalue weighted by Crippen LogP contribution is -2.29. The van der Waals surface area contributed by atoms with Crippen LogP contribution in [0.4, 0.5) is 9.52 Å². The van der Waals surface area contributed by atoms with Gasteiger partial charge in [0.15, 0.2) is 0 Å². The van der Waals surface area contributed by atoms with E-state index in [1.165, 1.54) is 36.3 Å². The second-order valence-electron chi connectivity index (χ2n) is 6.55. The molecule has 0 unspecified atom stereocenters. The standard InChI is InChI=1S/C21H16FN3O4S/c1-11-23-24-21(30-11)25-17(12-5-9-15(29-2)10-6-12)16(19(27)20(25)28)18(26)13-3-7-14(22)8-4-13/h3-10,17,26H,1-2H3/t17-/m1/s1. The van der Waals surface area contributed by atoms with Gasteiger partial charge in [0.05, 0.1) is 18.7 Å². The van der Waals surface area contributed by atoms with Crippen LogP contribution >= 0.6 is 11.3 Å². The van der Waals surface area contributed by atoms with Crippen LogP contribution in [-0.2, 0) is 9.59 Å². The van der Waals surface area contributed by atoms with Gasteiger partial charge in [0.1, 0.15) is 22.3 Å². The van der Waals surface area contributed by atoms with Crippen LogP contribution in [0.2, 0.25) is 0 Å². The normalized spacial score (nSPS) is 18.1.